The minimum atomic E-state index is -3.90. The number of rotatable bonds is 5. The average Bonchev–Trinajstić information content (AvgIpc) is 2.35. The normalized spacial score (nSPS) is 12.1. The van der Waals surface area contributed by atoms with E-state index in [-0.39, 0.29) is 10.6 Å². The molecule has 1 rings (SSSR count). The van der Waals surface area contributed by atoms with Crippen molar-refractivity contribution in [2.45, 2.75) is 4.90 Å². The molecule has 0 saturated carbocycles. The Morgan fingerprint density at radius 3 is 2.47 bits per heavy atom. The number of pyridine rings is 1. The maximum absolute atomic E-state index is 11.9. The molecule has 0 radical (unpaired) electrons. The first-order valence-electron chi connectivity index (χ1n) is 4.99. The fourth-order valence-corrected chi connectivity index (χ4v) is 4.22. The highest BCUT2D eigenvalue weighted by atomic mass is 35.7. The molecule has 10 heteroatoms. The monoisotopic (exact) mass is 326 g/mol. The van der Waals surface area contributed by atoms with Gasteiger partial charge in [0.1, 0.15) is 5.69 Å². The van der Waals surface area contributed by atoms with Crippen LogP contribution in [-0.4, -0.2) is 46.3 Å². The molecule has 0 atom stereocenters. The molecule has 0 unspecified atom stereocenters. The van der Waals surface area contributed by atoms with Crippen molar-refractivity contribution in [2.24, 2.45) is 0 Å². The number of halogens is 1. The van der Waals surface area contributed by atoms with Crippen LogP contribution in [0.15, 0.2) is 23.2 Å². The first-order chi connectivity index (χ1) is 8.65. The van der Waals surface area contributed by atoms with E-state index in [4.69, 9.17) is 10.7 Å². The highest BCUT2D eigenvalue weighted by molar-refractivity contribution is 8.14. The number of nitrogens with one attached hydrogen (secondary N) is 1. The van der Waals surface area contributed by atoms with Crippen LogP contribution in [0.4, 0.5) is 0 Å². The number of amides is 1. The predicted molar refractivity (Wildman–Crippen MR) is 69.3 cm³/mol. The summed E-state index contributed by atoms with van der Waals surface area (Å²) in [5.74, 6) is -1.90. The van der Waals surface area contributed by atoms with Gasteiger partial charge in [0.2, 0.25) is 9.05 Å². The van der Waals surface area contributed by atoms with Crippen LogP contribution in [-0.2, 0) is 18.9 Å². The Balaban J connectivity index is 3.05. The molecule has 1 heterocycles. The molecule has 0 saturated heterocycles. The lowest BCUT2D eigenvalue weighted by atomic mass is 10.3. The quantitative estimate of drug-likeness (QED) is 0.749. The van der Waals surface area contributed by atoms with Gasteiger partial charge in [0.15, 0.2) is 9.84 Å². The standard InChI is InChI=1S/C9H11ClN2O5S2/c1-11-9(13)8-6-7(2-3-12-8)18(14,15)4-5-19(10,16)17/h2-3,6H,4-5H2,1H3,(H,11,13). The lowest BCUT2D eigenvalue weighted by Gasteiger charge is -2.04. The van der Waals surface area contributed by atoms with E-state index in [0.29, 0.717) is 0 Å². The van der Waals surface area contributed by atoms with Crippen molar-refractivity contribution in [3.05, 3.63) is 24.0 Å². The fourth-order valence-electron chi connectivity index (χ4n) is 1.18. The van der Waals surface area contributed by atoms with Crippen molar-refractivity contribution in [3.8, 4) is 0 Å². The second-order valence-electron chi connectivity index (χ2n) is 3.52. The van der Waals surface area contributed by atoms with Crippen molar-refractivity contribution in [1.29, 1.82) is 0 Å². The average molecular weight is 327 g/mol. The molecule has 1 aromatic rings. The van der Waals surface area contributed by atoms with Crippen LogP contribution in [0.25, 0.3) is 0 Å². The molecular weight excluding hydrogens is 316 g/mol. The number of sulfone groups is 1. The lowest BCUT2D eigenvalue weighted by molar-refractivity contribution is 0.0958. The molecule has 1 amide bonds. The Morgan fingerprint density at radius 1 is 1.32 bits per heavy atom. The van der Waals surface area contributed by atoms with Gasteiger partial charge in [-0.05, 0) is 12.1 Å². The molecule has 0 aromatic carbocycles. The summed E-state index contributed by atoms with van der Waals surface area (Å²) in [5.41, 5.74) is -0.0719. The second-order valence-corrected chi connectivity index (χ2v) is 8.52. The van der Waals surface area contributed by atoms with Crippen molar-refractivity contribution < 1.29 is 21.6 Å². The third-order valence-corrected chi connectivity index (χ3v) is 5.27. The summed E-state index contributed by atoms with van der Waals surface area (Å²) < 4.78 is 45.2. The maximum atomic E-state index is 11.9. The topological polar surface area (TPSA) is 110 Å². The van der Waals surface area contributed by atoms with Crippen LogP contribution in [0.2, 0.25) is 0 Å². The van der Waals surface area contributed by atoms with Gasteiger partial charge in [0.25, 0.3) is 5.91 Å². The van der Waals surface area contributed by atoms with Gasteiger partial charge in [0.05, 0.1) is 16.4 Å². The number of carbonyl (C=O) groups excluding carboxylic acids is 1. The Kier molecular flexibility index (Phi) is 4.88. The number of aromatic nitrogens is 1. The number of hydrogen-bond donors (Lipinski definition) is 1. The van der Waals surface area contributed by atoms with Crippen LogP contribution in [0.1, 0.15) is 10.5 Å². The molecule has 7 nitrogen and oxygen atoms in total. The highest BCUT2D eigenvalue weighted by Crippen LogP contribution is 2.13. The summed E-state index contributed by atoms with van der Waals surface area (Å²) in [4.78, 5) is 14.9. The summed E-state index contributed by atoms with van der Waals surface area (Å²) in [5, 5.41) is 2.30. The second kappa shape index (κ2) is 5.85. The van der Waals surface area contributed by atoms with E-state index in [9.17, 15) is 21.6 Å². The fraction of sp³-hybridized carbons (Fsp3) is 0.333. The number of carbonyl (C=O) groups is 1. The molecule has 1 aromatic heterocycles. The third kappa shape index (κ3) is 4.77. The zero-order valence-corrected chi connectivity index (χ0v) is 12.2. The maximum Gasteiger partial charge on any atom is 0.269 e. The van der Waals surface area contributed by atoms with E-state index in [1.54, 1.807) is 0 Å². The molecule has 0 aliphatic carbocycles. The zero-order chi connectivity index (χ0) is 14.7. The van der Waals surface area contributed by atoms with Gasteiger partial charge in [0, 0.05) is 23.9 Å². The molecular formula is C9H11ClN2O5S2. The van der Waals surface area contributed by atoms with Gasteiger partial charge in [-0.15, -0.1) is 0 Å². The van der Waals surface area contributed by atoms with Gasteiger partial charge in [-0.1, -0.05) is 0 Å². The van der Waals surface area contributed by atoms with Crippen LogP contribution in [0.3, 0.4) is 0 Å². The van der Waals surface area contributed by atoms with Gasteiger partial charge in [-0.25, -0.2) is 16.8 Å². The summed E-state index contributed by atoms with van der Waals surface area (Å²) in [6.07, 6.45) is 1.16. The van der Waals surface area contributed by atoms with Gasteiger partial charge < -0.3 is 5.32 Å². The minimum Gasteiger partial charge on any atom is -0.354 e. The Labute approximate surface area is 115 Å². The van der Waals surface area contributed by atoms with Gasteiger partial charge in [-0.3, -0.25) is 9.78 Å². The largest absolute Gasteiger partial charge is 0.354 e. The van der Waals surface area contributed by atoms with Crippen molar-refractivity contribution in [3.63, 3.8) is 0 Å². The minimum absolute atomic E-state index is 0.0719. The first-order valence-corrected chi connectivity index (χ1v) is 9.12. The summed E-state index contributed by atoms with van der Waals surface area (Å²) >= 11 is 0. The van der Waals surface area contributed by atoms with E-state index in [1.807, 2.05) is 0 Å². The lowest BCUT2D eigenvalue weighted by Crippen LogP contribution is -2.20. The Bertz CT molecular complexity index is 684. The molecule has 0 spiro atoms. The van der Waals surface area contributed by atoms with Crippen molar-refractivity contribution in [2.75, 3.05) is 18.6 Å². The molecule has 0 fully saturated rings. The van der Waals surface area contributed by atoms with E-state index < -0.39 is 36.3 Å². The van der Waals surface area contributed by atoms with Crippen molar-refractivity contribution >= 4 is 35.5 Å². The number of hydrogen-bond acceptors (Lipinski definition) is 6. The Morgan fingerprint density at radius 2 is 1.95 bits per heavy atom. The van der Waals surface area contributed by atoms with Crippen LogP contribution < -0.4 is 5.32 Å². The highest BCUT2D eigenvalue weighted by Gasteiger charge is 2.20. The molecule has 106 valence electrons. The summed E-state index contributed by atoms with van der Waals surface area (Å²) in [7, 11) is -1.40. The smallest absolute Gasteiger partial charge is 0.269 e. The predicted octanol–water partition coefficient (Wildman–Crippen LogP) is -0.217. The van der Waals surface area contributed by atoms with E-state index >= 15 is 0 Å². The summed E-state index contributed by atoms with van der Waals surface area (Å²) in [6.45, 7) is 0. The molecule has 0 aliphatic heterocycles. The molecule has 0 bridgehead atoms. The van der Waals surface area contributed by atoms with Gasteiger partial charge >= 0.3 is 0 Å². The van der Waals surface area contributed by atoms with Crippen molar-refractivity contribution in [1.82, 2.24) is 10.3 Å². The molecule has 0 aliphatic rings. The Hall–Kier alpha value is -1.19. The van der Waals surface area contributed by atoms with Crippen LogP contribution >= 0.6 is 10.7 Å². The van der Waals surface area contributed by atoms with Gasteiger partial charge in [-0.2, -0.15) is 0 Å². The molecule has 1 N–H and O–H groups in total. The summed E-state index contributed by atoms with van der Waals surface area (Å²) in [6, 6.07) is 2.26. The van der Waals surface area contributed by atoms with E-state index in [1.165, 1.54) is 13.1 Å². The van der Waals surface area contributed by atoms with E-state index in [2.05, 4.69) is 10.3 Å². The third-order valence-electron chi connectivity index (χ3n) is 2.15. The molecule has 19 heavy (non-hydrogen) atoms. The van der Waals surface area contributed by atoms with Crippen LogP contribution in [0.5, 0.6) is 0 Å². The van der Waals surface area contributed by atoms with Crippen LogP contribution in [0, 0.1) is 0 Å². The first kappa shape index (κ1) is 15.9. The SMILES string of the molecule is CNC(=O)c1cc(S(=O)(=O)CCS(=O)(=O)Cl)ccn1. The number of nitrogens with zero attached hydrogens (tertiary/aromatic N) is 1. The zero-order valence-electron chi connectivity index (χ0n) is 9.83. The van der Waals surface area contributed by atoms with E-state index in [0.717, 1.165) is 12.3 Å².